The number of para-hydroxylation sites is 1. The first-order chi connectivity index (χ1) is 11.7. The Morgan fingerprint density at radius 2 is 1.79 bits per heavy atom. The van der Waals surface area contributed by atoms with Gasteiger partial charge >= 0.3 is 0 Å². The van der Waals surface area contributed by atoms with Crippen molar-refractivity contribution in [1.29, 1.82) is 0 Å². The van der Waals surface area contributed by atoms with Gasteiger partial charge in [0.25, 0.3) is 5.91 Å². The van der Waals surface area contributed by atoms with Crippen LogP contribution >= 0.6 is 0 Å². The van der Waals surface area contributed by atoms with Gasteiger partial charge in [-0.2, -0.15) is 0 Å². The summed E-state index contributed by atoms with van der Waals surface area (Å²) in [6, 6.07) is 13.2. The molecule has 0 unspecified atom stereocenters. The summed E-state index contributed by atoms with van der Waals surface area (Å²) in [4.78, 5) is 33.1. The molecule has 0 aliphatic carbocycles. The fraction of sp³-hybridized carbons (Fsp3) is 0.278. The van der Waals surface area contributed by atoms with Crippen molar-refractivity contribution in [3.8, 4) is 0 Å². The molecule has 24 heavy (non-hydrogen) atoms. The van der Waals surface area contributed by atoms with Gasteiger partial charge in [0.15, 0.2) is 0 Å². The van der Waals surface area contributed by atoms with E-state index in [0.29, 0.717) is 18.8 Å². The largest absolute Gasteiger partial charge is 0.367 e. The van der Waals surface area contributed by atoms with Gasteiger partial charge in [-0.1, -0.05) is 18.2 Å². The SMILES string of the molecule is CN(C(=O)c1ccc(N2CCN(C=O)CC2)cn1)c1ccccc1. The molecular formula is C18H20N4O2. The third kappa shape index (κ3) is 3.37. The molecule has 0 spiro atoms. The van der Waals surface area contributed by atoms with E-state index in [0.717, 1.165) is 30.9 Å². The lowest BCUT2D eigenvalue weighted by Gasteiger charge is -2.33. The van der Waals surface area contributed by atoms with Gasteiger partial charge in [-0.25, -0.2) is 4.98 Å². The Hall–Kier alpha value is -2.89. The minimum absolute atomic E-state index is 0.140. The first kappa shape index (κ1) is 16.0. The van der Waals surface area contributed by atoms with E-state index in [9.17, 15) is 9.59 Å². The van der Waals surface area contributed by atoms with E-state index in [1.807, 2.05) is 36.4 Å². The van der Waals surface area contributed by atoms with Crippen LogP contribution in [-0.4, -0.2) is 55.4 Å². The lowest BCUT2D eigenvalue weighted by Crippen LogP contribution is -2.45. The van der Waals surface area contributed by atoms with Gasteiger partial charge in [0.05, 0.1) is 11.9 Å². The highest BCUT2D eigenvalue weighted by atomic mass is 16.2. The molecule has 2 heterocycles. The molecule has 0 N–H and O–H groups in total. The molecular weight excluding hydrogens is 304 g/mol. The second kappa shape index (κ2) is 7.12. The molecule has 6 nitrogen and oxygen atoms in total. The molecule has 0 saturated carbocycles. The van der Waals surface area contributed by atoms with Gasteiger partial charge in [0.2, 0.25) is 6.41 Å². The number of carbonyl (C=O) groups is 2. The monoisotopic (exact) mass is 324 g/mol. The summed E-state index contributed by atoms with van der Waals surface area (Å²) in [6.07, 6.45) is 2.61. The first-order valence-corrected chi connectivity index (χ1v) is 7.92. The van der Waals surface area contributed by atoms with Gasteiger partial charge in [0, 0.05) is 38.9 Å². The number of amides is 2. The van der Waals surface area contributed by atoms with Crippen LogP contribution in [0.1, 0.15) is 10.5 Å². The minimum Gasteiger partial charge on any atom is -0.367 e. The van der Waals surface area contributed by atoms with Gasteiger partial charge < -0.3 is 14.7 Å². The topological polar surface area (TPSA) is 56.8 Å². The quantitative estimate of drug-likeness (QED) is 0.802. The Labute approximate surface area is 141 Å². The van der Waals surface area contributed by atoms with E-state index in [-0.39, 0.29) is 5.91 Å². The standard InChI is InChI=1S/C18H20N4O2/c1-20(15-5-3-2-4-6-15)18(24)17-8-7-16(13-19-17)22-11-9-21(14-23)10-12-22/h2-8,13-14H,9-12H2,1H3. The zero-order chi connectivity index (χ0) is 16.9. The van der Waals surface area contributed by atoms with Crippen molar-refractivity contribution in [3.05, 3.63) is 54.4 Å². The van der Waals surface area contributed by atoms with Gasteiger partial charge in [-0.05, 0) is 24.3 Å². The maximum absolute atomic E-state index is 12.5. The number of rotatable bonds is 4. The molecule has 6 heteroatoms. The average molecular weight is 324 g/mol. The highest BCUT2D eigenvalue weighted by Gasteiger charge is 2.18. The van der Waals surface area contributed by atoms with Gasteiger partial charge in [-0.15, -0.1) is 0 Å². The number of piperazine rings is 1. The number of benzene rings is 1. The van der Waals surface area contributed by atoms with Crippen LogP contribution in [0.5, 0.6) is 0 Å². The molecule has 1 aromatic carbocycles. The Bertz CT molecular complexity index is 695. The highest BCUT2D eigenvalue weighted by molar-refractivity contribution is 6.04. The summed E-state index contributed by atoms with van der Waals surface area (Å²) in [6.45, 7) is 2.97. The van der Waals surface area contributed by atoms with Crippen molar-refractivity contribution < 1.29 is 9.59 Å². The number of hydrogen-bond donors (Lipinski definition) is 0. The van der Waals surface area contributed by atoms with E-state index < -0.39 is 0 Å². The smallest absolute Gasteiger partial charge is 0.276 e. The molecule has 124 valence electrons. The highest BCUT2D eigenvalue weighted by Crippen LogP contribution is 2.18. The second-order valence-corrected chi connectivity index (χ2v) is 5.73. The van der Waals surface area contributed by atoms with Gasteiger partial charge in [-0.3, -0.25) is 9.59 Å². The Morgan fingerprint density at radius 3 is 2.38 bits per heavy atom. The summed E-state index contributed by atoms with van der Waals surface area (Å²) >= 11 is 0. The van der Waals surface area contributed by atoms with E-state index >= 15 is 0 Å². The van der Waals surface area contributed by atoms with Crippen molar-refractivity contribution in [1.82, 2.24) is 9.88 Å². The summed E-state index contributed by atoms with van der Waals surface area (Å²) in [7, 11) is 1.74. The van der Waals surface area contributed by atoms with Crippen molar-refractivity contribution in [2.24, 2.45) is 0 Å². The second-order valence-electron chi connectivity index (χ2n) is 5.73. The van der Waals surface area contributed by atoms with E-state index in [1.165, 1.54) is 0 Å². The molecule has 1 aromatic heterocycles. The fourth-order valence-corrected chi connectivity index (χ4v) is 2.73. The normalized spacial score (nSPS) is 14.4. The number of nitrogens with zero attached hydrogens (tertiary/aromatic N) is 4. The molecule has 0 radical (unpaired) electrons. The molecule has 2 aromatic rings. The Balaban J connectivity index is 1.68. The van der Waals surface area contributed by atoms with Crippen LogP contribution in [0.3, 0.4) is 0 Å². The molecule has 2 amide bonds. The average Bonchev–Trinajstić information content (AvgIpc) is 2.68. The molecule has 1 aliphatic heterocycles. The van der Waals surface area contributed by atoms with E-state index in [4.69, 9.17) is 0 Å². The lowest BCUT2D eigenvalue weighted by molar-refractivity contribution is -0.118. The number of hydrogen-bond acceptors (Lipinski definition) is 4. The molecule has 3 rings (SSSR count). The number of pyridine rings is 1. The zero-order valence-electron chi connectivity index (χ0n) is 13.6. The minimum atomic E-state index is -0.140. The van der Waals surface area contributed by atoms with E-state index in [1.54, 1.807) is 29.1 Å². The van der Waals surface area contributed by atoms with Crippen molar-refractivity contribution in [2.75, 3.05) is 43.0 Å². The molecule has 1 saturated heterocycles. The number of aromatic nitrogens is 1. The third-order valence-corrected chi connectivity index (χ3v) is 4.24. The molecule has 0 atom stereocenters. The number of carbonyl (C=O) groups excluding carboxylic acids is 2. The predicted molar refractivity (Wildman–Crippen MR) is 93.3 cm³/mol. The van der Waals surface area contributed by atoms with Crippen LogP contribution in [0.15, 0.2) is 48.7 Å². The third-order valence-electron chi connectivity index (χ3n) is 4.24. The molecule has 1 fully saturated rings. The summed E-state index contributed by atoms with van der Waals surface area (Å²) < 4.78 is 0. The summed E-state index contributed by atoms with van der Waals surface area (Å²) in [5, 5.41) is 0. The fourth-order valence-electron chi connectivity index (χ4n) is 2.73. The van der Waals surface area contributed by atoms with Crippen LogP contribution in [0.2, 0.25) is 0 Å². The lowest BCUT2D eigenvalue weighted by atomic mass is 10.2. The number of anilines is 2. The van der Waals surface area contributed by atoms with E-state index in [2.05, 4.69) is 9.88 Å². The van der Waals surface area contributed by atoms with Crippen LogP contribution < -0.4 is 9.80 Å². The van der Waals surface area contributed by atoms with Gasteiger partial charge in [0.1, 0.15) is 5.69 Å². The molecule has 0 bridgehead atoms. The van der Waals surface area contributed by atoms with Crippen LogP contribution in [0.4, 0.5) is 11.4 Å². The Morgan fingerprint density at radius 1 is 1.08 bits per heavy atom. The van der Waals surface area contributed by atoms with Crippen LogP contribution in [-0.2, 0) is 4.79 Å². The van der Waals surface area contributed by atoms with Crippen molar-refractivity contribution in [2.45, 2.75) is 0 Å². The summed E-state index contributed by atoms with van der Waals surface area (Å²) in [5.41, 5.74) is 2.22. The maximum Gasteiger partial charge on any atom is 0.276 e. The summed E-state index contributed by atoms with van der Waals surface area (Å²) in [5.74, 6) is -0.140. The maximum atomic E-state index is 12.5. The molecule has 1 aliphatic rings. The van der Waals surface area contributed by atoms with Crippen molar-refractivity contribution in [3.63, 3.8) is 0 Å². The predicted octanol–water partition coefficient (Wildman–Crippen LogP) is 1.64. The van der Waals surface area contributed by atoms with Crippen LogP contribution in [0.25, 0.3) is 0 Å². The zero-order valence-corrected chi connectivity index (χ0v) is 13.6. The van der Waals surface area contributed by atoms with Crippen molar-refractivity contribution >= 4 is 23.7 Å². The van der Waals surface area contributed by atoms with Crippen LogP contribution in [0, 0.1) is 0 Å². The first-order valence-electron chi connectivity index (χ1n) is 7.92. The Kier molecular flexibility index (Phi) is 4.74.